The summed E-state index contributed by atoms with van der Waals surface area (Å²) in [4.78, 5) is 4.52. The van der Waals surface area contributed by atoms with Crippen LogP contribution in [0.5, 0.6) is 0 Å². The highest BCUT2D eigenvalue weighted by Crippen LogP contribution is 2.27. The van der Waals surface area contributed by atoms with Crippen molar-refractivity contribution in [3.63, 3.8) is 0 Å². The molecule has 3 heteroatoms. The standard InChI is InChI=1S/C15H25BrN2/c1-5-10-17-14(8-9-15(2,3)4)13-7-6-12(16)11-18-13/h6-7,11,14,17H,5,8-10H2,1-4H3. The minimum Gasteiger partial charge on any atom is -0.309 e. The Bertz CT molecular complexity index is 341. The molecule has 0 saturated heterocycles. The van der Waals surface area contributed by atoms with Gasteiger partial charge in [-0.25, -0.2) is 0 Å². The Morgan fingerprint density at radius 3 is 2.56 bits per heavy atom. The summed E-state index contributed by atoms with van der Waals surface area (Å²) in [5.74, 6) is 0. The molecule has 0 radical (unpaired) electrons. The summed E-state index contributed by atoms with van der Waals surface area (Å²) in [6.07, 6.45) is 5.37. The van der Waals surface area contributed by atoms with E-state index in [0.717, 1.165) is 29.6 Å². The van der Waals surface area contributed by atoms with Gasteiger partial charge in [0.05, 0.1) is 5.69 Å². The van der Waals surface area contributed by atoms with Crippen LogP contribution in [0.3, 0.4) is 0 Å². The van der Waals surface area contributed by atoms with Gasteiger partial charge in [-0.2, -0.15) is 0 Å². The van der Waals surface area contributed by atoms with Gasteiger partial charge < -0.3 is 5.32 Å². The van der Waals surface area contributed by atoms with Gasteiger partial charge in [0.25, 0.3) is 0 Å². The summed E-state index contributed by atoms with van der Waals surface area (Å²) in [5, 5.41) is 3.60. The lowest BCUT2D eigenvalue weighted by atomic mass is 9.88. The Balaban J connectivity index is 2.68. The van der Waals surface area contributed by atoms with Crippen molar-refractivity contribution >= 4 is 15.9 Å². The van der Waals surface area contributed by atoms with Crippen molar-refractivity contribution < 1.29 is 0 Å². The SMILES string of the molecule is CCCNC(CCC(C)(C)C)c1ccc(Br)cn1. The molecule has 1 heterocycles. The van der Waals surface area contributed by atoms with Gasteiger partial charge in [0.15, 0.2) is 0 Å². The van der Waals surface area contributed by atoms with Crippen molar-refractivity contribution in [1.82, 2.24) is 10.3 Å². The van der Waals surface area contributed by atoms with Crippen molar-refractivity contribution in [2.75, 3.05) is 6.54 Å². The molecule has 18 heavy (non-hydrogen) atoms. The Hall–Kier alpha value is -0.410. The maximum Gasteiger partial charge on any atom is 0.0574 e. The van der Waals surface area contributed by atoms with E-state index in [1.807, 2.05) is 6.20 Å². The molecule has 1 aromatic rings. The fourth-order valence-corrected chi connectivity index (χ4v) is 2.08. The second kappa shape index (κ2) is 7.25. The van der Waals surface area contributed by atoms with E-state index >= 15 is 0 Å². The summed E-state index contributed by atoms with van der Waals surface area (Å²) < 4.78 is 1.04. The Morgan fingerprint density at radius 1 is 1.33 bits per heavy atom. The molecular formula is C15H25BrN2. The van der Waals surface area contributed by atoms with Crippen LogP contribution >= 0.6 is 15.9 Å². The predicted molar refractivity (Wildman–Crippen MR) is 81.7 cm³/mol. The molecule has 0 aliphatic carbocycles. The van der Waals surface area contributed by atoms with Crippen LogP contribution in [0, 0.1) is 5.41 Å². The fraction of sp³-hybridized carbons (Fsp3) is 0.667. The molecule has 1 N–H and O–H groups in total. The van der Waals surface area contributed by atoms with Crippen LogP contribution in [0.4, 0.5) is 0 Å². The quantitative estimate of drug-likeness (QED) is 0.822. The lowest BCUT2D eigenvalue weighted by Crippen LogP contribution is -2.24. The minimum atomic E-state index is 0.372. The van der Waals surface area contributed by atoms with E-state index in [9.17, 15) is 0 Å². The maximum absolute atomic E-state index is 4.52. The summed E-state index contributed by atoms with van der Waals surface area (Å²) in [6.45, 7) is 10.1. The molecule has 0 fully saturated rings. The van der Waals surface area contributed by atoms with E-state index in [0.29, 0.717) is 11.5 Å². The molecule has 102 valence electrons. The fourth-order valence-electron chi connectivity index (χ4n) is 1.84. The van der Waals surface area contributed by atoms with E-state index in [-0.39, 0.29) is 0 Å². The van der Waals surface area contributed by atoms with Gasteiger partial charge in [0.2, 0.25) is 0 Å². The lowest BCUT2D eigenvalue weighted by Gasteiger charge is -2.23. The Labute approximate surface area is 120 Å². The van der Waals surface area contributed by atoms with Gasteiger partial charge in [-0.05, 0) is 59.3 Å². The first-order valence-corrected chi connectivity index (χ1v) is 7.56. The second-order valence-corrected chi connectivity index (χ2v) is 6.92. The van der Waals surface area contributed by atoms with Crippen molar-refractivity contribution in [2.24, 2.45) is 5.41 Å². The molecule has 0 bridgehead atoms. The van der Waals surface area contributed by atoms with E-state index in [4.69, 9.17) is 0 Å². The normalized spacial score (nSPS) is 13.6. The predicted octanol–water partition coefficient (Wildman–Crippen LogP) is 4.71. The highest BCUT2D eigenvalue weighted by Gasteiger charge is 2.17. The number of hydrogen-bond donors (Lipinski definition) is 1. The van der Waals surface area contributed by atoms with Gasteiger partial charge in [-0.1, -0.05) is 27.7 Å². The average Bonchev–Trinajstić information content (AvgIpc) is 2.29. The molecule has 1 atom stereocenters. The summed E-state index contributed by atoms with van der Waals surface area (Å²) in [5.41, 5.74) is 1.53. The number of nitrogens with one attached hydrogen (secondary N) is 1. The maximum atomic E-state index is 4.52. The van der Waals surface area contributed by atoms with Crippen LogP contribution in [0.25, 0.3) is 0 Å². The van der Waals surface area contributed by atoms with Crippen LogP contribution < -0.4 is 5.32 Å². The molecule has 0 spiro atoms. The molecular weight excluding hydrogens is 288 g/mol. The van der Waals surface area contributed by atoms with E-state index in [1.54, 1.807) is 0 Å². The average molecular weight is 313 g/mol. The molecule has 0 saturated carbocycles. The third kappa shape index (κ3) is 5.96. The van der Waals surface area contributed by atoms with Gasteiger partial charge in [0.1, 0.15) is 0 Å². The molecule has 1 rings (SSSR count). The van der Waals surface area contributed by atoms with Crippen molar-refractivity contribution in [2.45, 2.75) is 53.0 Å². The number of halogens is 1. The molecule has 0 amide bonds. The largest absolute Gasteiger partial charge is 0.309 e. The third-order valence-electron chi connectivity index (χ3n) is 2.93. The highest BCUT2D eigenvalue weighted by atomic mass is 79.9. The first kappa shape index (κ1) is 15.6. The summed E-state index contributed by atoms with van der Waals surface area (Å²) >= 11 is 3.44. The van der Waals surface area contributed by atoms with E-state index in [2.05, 4.69) is 66.1 Å². The molecule has 2 nitrogen and oxygen atoms in total. The molecule has 1 unspecified atom stereocenters. The Kier molecular flexibility index (Phi) is 6.30. The first-order chi connectivity index (χ1) is 8.42. The van der Waals surface area contributed by atoms with Crippen molar-refractivity contribution in [3.05, 3.63) is 28.5 Å². The number of nitrogens with zero attached hydrogens (tertiary/aromatic N) is 1. The third-order valence-corrected chi connectivity index (χ3v) is 3.40. The molecule has 0 aromatic carbocycles. The van der Waals surface area contributed by atoms with E-state index in [1.165, 1.54) is 6.42 Å². The smallest absolute Gasteiger partial charge is 0.0574 e. The van der Waals surface area contributed by atoms with Crippen molar-refractivity contribution in [1.29, 1.82) is 0 Å². The topological polar surface area (TPSA) is 24.9 Å². The zero-order chi connectivity index (χ0) is 13.6. The monoisotopic (exact) mass is 312 g/mol. The van der Waals surface area contributed by atoms with Crippen LogP contribution in [0.2, 0.25) is 0 Å². The van der Waals surface area contributed by atoms with Crippen LogP contribution in [0.15, 0.2) is 22.8 Å². The zero-order valence-corrected chi connectivity index (χ0v) is 13.5. The summed E-state index contributed by atoms with van der Waals surface area (Å²) in [7, 11) is 0. The number of rotatable bonds is 6. The van der Waals surface area contributed by atoms with Gasteiger partial charge in [-0.15, -0.1) is 0 Å². The number of pyridine rings is 1. The van der Waals surface area contributed by atoms with E-state index < -0.39 is 0 Å². The van der Waals surface area contributed by atoms with Crippen LogP contribution in [-0.4, -0.2) is 11.5 Å². The highest BCUT2D eigenvalue weighted by molar-refractivity contribution is 9.10. The molecule has 0 aliphatic heterocycles. The van der Waals surface area contributed by atoms with Crippen LogP contribution in [-0.2, 0) is 0 Å². The van der Waals surface area contributed by atoms with Crippen molar-refractivity contribution in [3.8, 4) is 0 Å². The second-order valence-electron chi connectivity index (χ2n) is 6.01. The minimum absolute atomic E-state index is 0.372. The van der Waals surface area contributed by atoms with Gasteiger partial charge in [0, 0.05) is 16.7 Å². The number of hydrogen-bond acceptors (Lipinski definition) is 2. The number of aromatic nitrogens is 1. The van der Waals surface area contributed by atoms with Gasteiger partial charge in [-0.3, -0.25) is 4.98 Å². The zero-order valence-electron chi connectivity index (χ0n) is 12.0. The lowest BCUT2D eigenvalue weighted by molar-refractivity contribution is 0.330. The molecule has 1 aromatic heterocycles. The Morgan fingerprint density at radius 2 is 2.06 bits per heavy atom. The molecule has 0 aliphatic rings. The first-order valence-electron chi connectivity index (χ1n) is 6.77. The van der Waals surface area contributed by atoms with Crippen LogP contribution in [0.1, 0.15) is 58.7 Å². The van der Waals surface area contributed by atoms with Gasteiger partial charge >= 0.3 is 0 Å². The summed E-state index contributed by atoms with van der Waals surface area (Å²) in [6, 6.07) is 4.55.